The topological polar surface area (TPSA) is 60.0 Å². The quantitative estimate of drug-likeness (QED) is 0.730. The van der Waals surface area contributed by atoms with E-state index in [0.717, 1.165) is 13.1 Å². The van der Waals surface area contributed by atoms with Gasteiger partial charge in [-0.05, 0) is 24.6 Å². The summed E-state index contributed by atoms with van der Waals surface area (Å²) >= 11 is 0. The number of methoxy groups -OCH3 is 3. The van der Waals surface area contributed by atoms with Crippen molar-refractivity contribution in [2.45, 2.75) is 20.4 Å². The first kappa shape index (κ1) is 20.6. The SMILES string of the molecule is CCN(CC(=O)Nc1cc(OC)c(OC)c(OC)c1)Cc1ccccc1C. The van der Waals surface area contributed by atoms with Crippen molar-refractivity contribution in [1.82, 2.24) is 4.90 Å². The van der Waals surface area contributed by atoms with Crippen LogP contribution in [0.1, 0.15) is 18.1 Å². The highest BCUT2D eigenvalue weighted by atomic mass is 16.5. The fraction of sp³-hybridized carbons (Fsp3) is 0.381. The van der Waals surface area contributed by atoms with Gasteiger partial charge in [-0.1, -0.05) is 31.2 Å². The van der Waals surface area contributed by atoms with E-state index in [0.29, 0.717) is 29.5 Å². The lowest BCUT2D eigenvalue weighted by Gasteiger charge is -2.21. The number of ether oxygens (including phenoxy) is 3. The largest absolute Gasteiger partial charge is 0.493 e. The van der Waals surface area contributed by atoms with Crippen LogP contribution in [-0.2, 0) is 11.3 Å². The highest BCUT2D eigenvalue weighted by Gasteiger charge is 2.16. The molecule has 0 aliphatic rings. The number of rotatable bonds is 9. The normalized spacial score (nSPS) is 10.6. The molecule has 0 saturated carbocycles. The van der Waals surface area contributed by atoms with Crippen LogP contribution < -0.4 is 19.5 Å². The van der Waals surface area contributed by atoms with Crippen LogP contribution in [0.4, 0.5) is 5.69 Å². The first-order chi connectivity index (χ1) is 13.0. The van der Waals surface area contributed by atoms with Crippen molar-refractivity contribution in [2.24, 2.45) is 0 Å². The summed E-state index contributed by atoms with van der Waals surface area (Å²) in [6.07, 6.45) is 0. The molecule has 6 heteroatoms. The van der Waals surface area contributed by atoms with Crippen molar-refractivity contribution in [3.05, 3.63) is 47.5 Å². The molecule has 1 N–H and O–H groups in total. The monoisotopic (exact) mass is 372 g/mol. The Morgan fingerprint density at radius 2 is 1.67 bits per heavy atom. The second kappa shape index (κ2) is 9.83. The lowest BCUT2D eigenvalue weighted by molar-refractivity contribution is -0.117. The van der Waals surface area contributed by atoms with E-state index in [9.17, 15) is 4.79 Å². The van der Waals surface area contributed by atoms with Gasteiger partial charge in [-0.2, -0.15) is 0 Å². The molecule has 0 aliphatic heterocycles. The van der Waals surface area contributed by atoms with Crippen LogP contribution in [-0.4, -0.2) is 45.2 Å². The smallest absolute Gasteiger partial charge is 0.238 e. The predicted octanol–water partition coefficient (Wildman–Crippen LogP) is 3.48. The Morgan fingerprint density at radius 1 is 1.04 bits per heavy atom. The number of nitrogens with zero attached hydrogens (tertiary/aromatic N) is 1. The summed E-state index contributed by atoms with van der Waals surface area (Å²) in [7, 11) is 4.64. The fourth-order valence-electron chi connectivity index (χ4n) is 2.86. The third kappa shape index (κ3) is 5.37. The number of aryl methyl sites for hydroxylation is 1. The molecule has 0 unspecified atom stereocenters. The minimum Gasteiger partial charge on any atom is -0.493 e. The minimum absolute atomic E-state index is 0.0975. The summed E-state index contributed by atoms with van der Waals surface area (Å²) in [6.45, 7) is 5.93. The van der Waals surface area contributed by atoms with E-state index in [1.54, 1.807) is 33.5 Å². The van der Waals surface area contributed by atoms with Crippen LogP contribution in [0, 0.1) is 6.92 Å². The van der Waals surface area contributed by atoms with Gasteiger partial charge in [0.2, 0.25) is 11.7 Å². The second-order valence-corrected chi connectivity index (χ2v) is 6.19. The van der Waals surface area contributed by atoms with Gasteiger partial charge in [0.05, 0.1) is 27.9 Å². The zero-order chi connectivity index (χ0) is 19.8. The molecule has 0 spiro atoms. The number of benzene rings is 2. The molecule has 0 heterocycles. The molecule has 0 aromatic heterocycles. The Labute approximate surface area is 161 Å². The molecule has 0 bridgehead atoms. The molecule has 0 fully saturated rings. The van der Waals surface area contributed by atoms with Crippen LogP contribution >= 0.6 is 0 Å². The van der Waals surface area contributed by atoms with Crippen molar-refractivity contribution < 1.29 is 19.0 Å². The number of anilines is 1. The Bertz CT molecular complexity index is 752. The van der Waals surface area contributed by atoms with E-state index in [1.165, 1.54) is 11.1 Å². The van der Waals surface area contributed by atoms with Crippen LogP contribution in [0.25, 0.3) is 0 Å². The Hall–Kier alpha value is -2.73. The van der Waals surface area contributed by atoms with Crippen molar-refractivity contribution in [2.75, 3.05) is 39.7 Å². The molecule has 0 saturated heterocycles. The summed E-state index contributed by atoms with van der Waals surface area (Å²) < 4.78 is 16.0. The first-order valence-electron chi connectivity index (χ1n) is 8.89. The molecular formula is C21H28N2O4. The maximum atomic E-state index is 12.5. The van der Waals surface area contributed by atoms with Gasteiger partial charge < -0.3 is 19.5 Å². The van der Waals surface area contributed by atoms with Gasteiger partial charge in [0.25, 0.3) is 0 Å². The molecule has 2 aromatic carbocycles. The lowest BCUT2D eigenvalue weighted by atomic mass is 10.1. The van der Waals surface area contributed by atoms with Gasteiger partial charge in [0.15, 0.2) is 11.5 Å². The van der Waals surface area contributed by atoms with Crippen molar-refractivity contribution in [3.8, 4) is 17.2 Å². The predicted molar refractivity (Wildman–Crippen MR) is 107 cm³/mol. The number of amides is 1. The molecule has 1 amide bonds. The number of likely N-dealkylation sites (N-methyl/N-ethyl adjacent to an activating group) is 1. The zero-order valence-corrected chi connectivity index (χ0v) is 16.7. The van der Waals surface area contributed by atoms with Gasteiger partial charge in [-0.3, -0.25) is 9.69 Å². The van der Waals surface area contributed by atoms with Crippen LogP contribution in [0.2, 0.25) is 0 Å². The standard InChI is InChI=1S/C21H28N2O4/c1-6-23(13-16-10-8-7-9-15(16)2)14-20(24)22-17-11-18(25-3)21(27-5)19(12-17)26-4/h7-12H,6,13-14H2,1-5H3,(H,22,24). The summed E-state index contributed by atoms with van der Waals surface area (Å²) in [5, 5.41) is 2.91. The summed E-state index contributed by atoms with van der Waals surface area (Å²) in [6, 6.07) is 11.7. The van der Waals surface area contributed by atoms with Gasteiger partial charge in [0.1, 0.15) is 0 Å². The molecule has 0 atom stereocenters. The number of hydrogen-bond donors (Lipinski definition) is 1. The van der Waals surface area contributed by atoms with Crippen molar-refractivity contribution in [3.63, 3.8) is 0 Å². The Morgan fingerprint density at radius 3 is 2.19 bits per heavy atom. The van der Waals surface area contributed by atoms with Gasteiger partial charge >= 0.3 is 0 Å². The van der Waals surface area contributed by atoms with E-state index in [2.05, 4.69) is 29.3 Å². The third-order valence-electron chi connectivity index (χ3n) is 4.42. The van der Waals surface area contributed by atoms with Gasteiger partial charge in [0, 0.05) is 24.4 Å². The van der Waals surface area contributed by atoms with Crippen LogP contribution in [0.3, 0.4) is 0 Å². The maximum Gasteiger partial charge on any atom is 0.238 e. The Balaban J connectivity index is 2.08. The van der Waals surface area contributed by atoms with E-state index in [1.807, 2.05) is 19.1 Å². The van der Waals surface area contributed by atoms with Crippen molar-refractivity contribution >= 4 is 11.6 Å². The van der Waals surface area contributed by atoms with Gasteiger partial charge in [-0.25, -0.2) is 0 Å². The van der Waals surface area contributed by atoms with E-state index in [4.69, 9.17) is 14.2 Å². The average Bonchev–Trinajstić information content (AvgIpc) is 2.68. The van der Waals surface area contributed by atoms with Crippen LogP contribution in [0.15, 0.2) is 36.4 Å². The molecule has 146 valence electrons. The van der Waals surface area contributed by atoms with E-state index < -0.39 is 0 Å². The van der Waals surface area contributed by atoms with E-state index >= 15 is 0 Å². The number of carbonyl (C=O) groups is 1. The highest BCUT2D eigenvalue weighted by Crippen LogP contribution is 2.39. The maximum absolute atomic E-state index is 12.5. The average molecular weight is 372 g/mol. The molecule has 6 nitrogen and oxygen atoms in total. The minimum atomic E-state index is -0.0975. The lowest BCUT2D eigenvalue weighted by Crippen LogP contribution is -2.33. The molecule has 0 radical (unpaired) electrons. The number of nitrogens with one attached hydrogen (secondary N) is 1. The summed E-state index contributed by atoms with van der Waals surface area (Å²) in [5.41, 5.74) is 3.04. The third-order valence-corrected chi connectivity index (χ3v) is 4.42. The zero-order valence-electron chi connectivity index (χ0n) is 16.7. The molecular weight excluding hydrogens is 344 g/mol. The fourth-order valence-corrected chi connectivity index (χ4v) is 2.86. The Kier molecular flexibility index (Phi) is 7.49. The molecule has 27 heavy (non-hydrogen) atoms. The summed E-state index contributed by atoms with van der Waals surface area (Å²) in [4.78, 5) is 14.6. The van der Waals surface area contributed by atoms with Crippen LogP contribution in [0.5, 0.6) is 17.2 Å². The highest BCUT2D eigenvalue weighted by molar-refractivity contribution is 5.93. The molecule has 0 aliphatic carbocycles. The number of carbonyl (C=O) groups excluding carboxylic acids is 1. The number of hydrogen-bond acceptors (Lipinski definition) is 5. The first-order valence-corrected chi connectivity index (χ1v) is 8.89. The van der Waals surface area contributed by atoms with Gasteiger partial charge in [-0.15, -0.1) is 0 Å². The second-order valence-electron chi connectivity index (χ2n) is 6.19. The molecule has 2 rings (SSSR count). The van der Waals surface area contributed by atoms with Crippen molar-refractivity contribution in [1.29, 1.82) is 0 Å². The van der Waals surface area contributed by atoms with E-state index in [-0.39, 0.29) is 5.91 Å². The molecule has 2 aromatic rings. The summed E-state index contributed by atoms with van der Waals surface area (Å²) in [5.74, 6) is 1.39.